The fourth-order valence-corrected chi connectivity index (χ4v) is 0.478. The zero-order chi connectivity index (χ0) is 6.69. The van der Waals surface area contributed by atoms with Gasteiger partial charge >= 0.3 is 0 Å². The van der Waals surface area contributed by atoms with Crippen LogP contribution in [0.15, 0.2) is 17.4 Å². The Morgan fingerprint density at radius 1 is 1.89 bits per heavy atom. The van der Waals surface area contributed by atoms with Crippen molar-refractivity contribution in [3.8, 4) is 0 Å². The van der Waals surface area contributed by atoms with Crippen LogP contribution in [0, 0.1) is 0 Å². The molecule has 0 radical (unpaired) electrons. The van der Waals surface area contributed by atoms with Gasteiger partial charge in [0, 0.05) is 5.57 Å². The van der Waals surface area contributed by atoms with Crippen LogP contribution in [0.2, 0.25) is 0 Å². The van der Waals surface area contributed by atoms with Crippen LogP contribution in [0.4, 0.5) is 0 Å². The van der Waals surface area contributed by atoms with Gasteiger partial charge in [0.15, 0.2) is 0 Å². The molecule has 0 aliphatic carbocycles. The Kier molecular flexibility index (Phi) is 1.63. The van der Waals surface area contributed by atoms with Gasteiger partial charge in [-0.05, 0) is 6.42 Å². The molecule has 0 unspecified atom stereocenters. The predicted octanol–water partition coefficient (Wildman–Crippen LogP) is 1.49. The van der Waals surface area contributed by atoms with E-state index in [-0.39, 0.29) is 0 Å². The summed E-state index contributed by atoms with van der Waals surface area (Å²) in [5, 5.41) is 7.18. The maximum Gasteiger partial charge on any atom is 0.242 e. The number of allylic oxidation sites excluding steroid dienone is 1. The lowest BCUT2D eigenvalue weighted by Crippen LogP contribution is -1.79. The molecule has 0 fully saturated rings. The molecule has 0 saturated heterocycles. The van der Waals surface area contributed by atoms with Crippen molar-refractivity contribution in [3.63, 3.8) is 0 Å². The molecule has 0 aliphatic rings. The molecule has 1 rings (SSSR count). The number of hydrogen-bond acceptors (Lipinski definition) is 3. The third-order valence-electron chi connectivity index (χ3n) is 1.09. The van der Waals surface area contributed by atoms with Gasteiger partial charge in [0.2, 0.25) is 12.3 Å². The van der Waals surface area contributed by atoms with Crippen LogP contribution in [-0.4, -0.2) is 10.2 Å². The summed E-state index contributed by atoms with van der Waals surface area (Å²) in [5.41, 5.74) is 0.882. The molecule has 1 heterocycles. The zero-order valence-electron chi connectivity index (χ0n) is 5.29. The minimum atomic E-state index is 0.539. The molecule has 0 aromatic carbocycles. The van der Waals surface area contributed by atoms with E-state index in [1.54, 1.807) is 0 Å². The summed E-state index contributed by atoms with van der Waals surface area (Å²) in [7, 11) is 0. The van der Waals surface area contributed by atoms with Gasteiger partial charge in [0.1, 0.15) is 0 Å². The molecule has 0 saturated carbocycles. The SMILES string of the molecule is C=C(CC)c1nnco1. The molecule has 1 aromatic heterocycles. The fraction of sp³-hybridized carbons (Fsp3) is 0.333. The second-order valence-electron chi connectivity index (χ2n) is 1.70. The maximum atomic E-state index is 4.86. The van der Waals surface area contributed by atoms with Gasteiger partial charge in [0.25, 0.3) is 0 Å². The molecule has 1 aromatic rings. The highest BCUT2D eigenvalue weighted by Gasteiger charge is 1.99. The summed E-state index contributed by atoms with van der Waals surface area (Å²) in [5.74, 6) is 0.539. The Hall–Kier alpha value is -1.12. The van der Waals surface area contributed by atoms with Gasteiger partial charge in [-0.15, -0.1) is 10.2 Å². The van der Waals surface area contributed by atoms with E-state index in [1.165, 1.54) is 6.39 Å². The van der Waals surface area contributed by atoms with E-state index in [0.717, 1.165) is 12.0 Å². The lowest BCUT2D eigenvalue weighted by Gasteiger charge is -1.89. The minimum Gasteiger partial charge on any atom is -0.424 e. The highest BCUT2D eigenvalue weighted by Crippen LogP contribution is 2.10. The highest BCUT2D eigenvalue weighted by molar-refractivity contribution is 5.54. The van der Waals surface area contributed by atoms with E-state index in [0.29, 0.717) is 5.89 Å². The summed E-state index contributed by atoms with van der Waals surface area (Å²) in [4.78, 5) is 0. The van der Waals surface area contributed by atoms with Gasteiger partial charge in [-0.2, -0.15) is 0 Å². The molecule has 0 amide bonds. The molecule has 0 N–H and O–H groups in total. The van der Waals surface area contributed by atoms with E-state index < -0.39 is 0 Å². The van der Waals surface area contributed by atoms with Crippen LogP contribution in [0.1, 0.15) is 19.2 Å². The van der Waals surface area contributed by atoms with Crippen LogP contribution in [-0.2, 0) is 0 Å². The van der Waals surface area contributed by atoms with E-state index >= 15 is 0 Å². The fourth-order valence-electron chi connectivity index (χ4n) is 0.478. The summed E-state index contributed by atoms with van der Waals surface area (Å²) in [6, 6.07) is 0. The lowest BCUT2D eigenvalue weighted by atomic mass is 10.2. The number of aromatic nitrogens is 2. The predicted molar refractivity (Wildman–Crippen MR) is 33.6 cm³/mol. The van der Waals surface area contributed by atoms with Crippen LogP contribution in [0.25, 0.3) is 5.57 Å². The summed E-state index contributed by atoms with van der Waals surface area (Å²) >= 11 is 0. The average Bonchev–Trinajstić information content (AvgIpc) is 2.37. The van der Waals surface area contributed by atoms with E-state index in [1.807, 2.05) is 6.92 Å². The standard InChI is InChI=1S/C6H8N2O/c1-3-5(2)6-8-7-4-9-6/h4H,2-3H2,1H3. The van der Waals surface area contributed by atoms with Crippen LogP contribution in [0.3, 0.4) is 0 Å². The van der Waals surface area contributed by atoms with Crippen molar-refractivity contribution in [2.75, 3.05) is 0 Å². The molecule has 3 nitrogen and oxygen atoms in total. The number of nitrogens with zero attached hydrogens (tertiary/aromatic N) is 2. The van der Waals surface area contributed by atoms with Crippen molar-refractivity contribution in [1.82, 2.24) is 10.2 Å². The molecular weight excluding hydrogens is 116 g/mol. The Balaban J connectivity index is 2.77. The second kappa shape index (κ2) is 2.44. The van der Waals surface area contributed by atoms with Gasteiger partial charge in [-0.1, -0.05) is 13.5 Å². The molecule has 0 bridgehead atoms. The average molecular weight is 124 g/mol. The van der Waals surface area contributed by atoms with Gasteiger partial charge in [0.05, 0.1) is 0 Å². The van der Waals surface area contributed by atoms with Crippen LogP contribution in [0.5, 0.6) is 0 Å². The van der Waals surface area contributed by atoms with Crippen LogP contribution < -0.4 is 0 Å². The molecule has 0 aliphatic heterocycles. The highest BCUT2D eigenvalue weighted by atomic mass is 16.4. The summed E-state index contributed by atoms with van der Waals surface area (Å²) in [6.07, 6.45) is 2.15. The van der Waals surface area contributed by atoms with E-state index in [9.17, 15) is 0 Å². The summed E-state index contributed by atoms with van der Waals surface area (Å²) in [6.45, 7) is 5.71. The third-order valence-corrected chi connectivity index (χ3v) is 1.09. The molecule has 0 atom stereocenters. The van der Waals surface area contributed by atoms with Gasteiger partial charge in [-0.3, -0.25) is 0 Å². The lowest BCUT2D eigenvalue weighted by molar-refractivity contribution is 0.536. The first kappa shape index (κ1) is 6.01. The van der Waals surface area contributed by atoms with Crippen molar-refractivity contribution in [2.24, 2.45) is 0 Å². The number of rotatable bonds is 2. The second-order valence-corrected chi connectivity index (χ2v) is 1.70. The monoisotopic (exact) mass is 124 g/mol. The van der Waals surface area contributed by atoms with Crippen molar-refractivity contribution < 1.29 is 4.42 Å². The topological polar surface area (TPSA) is 38.9 Å². The Labute approximate surface area is 53.4 Å². The molecular formula is C6H8N2O. The van der Waals surface area contributed by atoms with Crippen molar-refractivity contribution in [3.05, 3.63) is 18.9 Å². The Morgan fingerprint density at radius 3 is 3.11 bits per heavy atom. The zero-order valence-corrected chi connectivity index (χ0v) is 5.29. The first-order valence-corrected chi connectivity index (χ1v) is 2.79. The maximum absolute atomic E-state index is 4.86. The largest absolute Gasteiger partial charge is 0.424 e. The molecule has 9 heavy (non-hydrogen) atoms. The van der Waals surface area contributed by atoms with Gasteiger partial charge < -0.3 is 4.42 Å². The summed E-state index contributed by atoms with van der Waals surface area (Å²) < 4.78 is 4.86. The molecule has 48 valence electrons. The van der Waals surface area contributed by atoms with Gasteiger partial charge in [-0.25, -0.2) is 0 Å². The quantitative estimate of drug-likeness (QED) is 0.599. The minimum absolute atomic E-state index is 0.539. The molecule has 3 heteroatoms. The first-order valence-electron chi connectivity index (χ1n) is 2.79. The Bertz CT molecular complexity index is 191. The van der Waals surface area contributed by atoms with E-state index in [2.05, 4.69) is 16.8 Å². The van der Waals surface area contributed by atoms with Crippen molar-refractivity contribution in [1.29, 1.82) is 0 Å². The Morgan fingerprint density at radius 2 is 2.67 bits per heavy atom. The van der Waals surface area contributed by atoms with E-state index in [4.69, 9.17) is 4.42 Å². The van der Waals surface area contributed by atoms with Crippen LogP contribution >= 0.6 is 0 Å². The number of hydrogen-bond donors (Lipinski definition) is 0. The smallest absolute Gasteiger partial charge is 0.242 e. The van der Waals surface area contributed by atoms with Crippen molar-refractivity contribution >= 4 is 5.57 Å². The normalized spacial score (nSPS) is 9.44. The third kappa shape index (κ3) is 1.16. The van der Waals surface area contributed by atoms with Crippen molar-refractivity contribution in [2.45, 2.75) is 13.3 Å². The first-order chi connectivity index (χ1) is 4.34. The molecule has 0 spiro atoms.